The molecule has 0 aliphatic carbocycles. The molecule has 2 aromatic rings. The van der Waals surface area contributed by atoms with Crippen LogP contribution in [0.5, 0.6) is 5.75 Å². The van der Waals surface area contributed by atoms with Gasteiger partial charge in [0.15, 0.2) is 11.4 Å². The predicted octanol–water partition coefficient (Wildman–Crippen LogP) is 1.66. The Labute approximate surface area is 80.1 Å². The third-order valence-corrected chi connectivity index (χ3v) is 2.07. The van der Waals surface area contributed by atoms with E-state index in [2.05, 4.69) is 9.72 Å². The number of aromatic nitrogens is 1. The van der Waals surface area contributed by atoms with Crippen molar-refractivity contribution in [3.63, 3.8) is 0 Å². The van der Waals surface area contributed by atoms with E-state index in [1.54, 1.807) is 18.2 Å². The average molecular weight is 191 g/mol. The van der Waals surface area contributed by atoms with Crippen molar-refractivity contribution in [3.05, 3.63) is 30.0 Å². The molecular weight excluding hydrogens is 182 g/mol. The van der Waals surface area contributed by atoms with E-state index in [0.29, 0.717) is 10.9 Å². The lowest BCUT2D eigenvalue weighted by Gasteiger charge is -1.94. The number of aromatic amines is 1. The first-order chi connectivity index (χ1) is 6.74. The van der Waals surface area contributed by atoms with E-state index in [1.807, 2.05) is 6.07 Å². The molecule has 2 rings (SSSR count). The number of esters is 1. The van der Waals surface area contributed by atoms with Crippen molar-refractivity contribution in [1.29, 1.82) is 0 Å². The Hall–Kier alpha value is -1.97. The minimum atomic E-state index is -0.571. The lowest BCUT2D eigenvalue weighted by molar-refractivity contribution is 0.0592. The summed E-state index contributed by atoms with van der Waals surface area (Å²) in [5.74, 6) is -0.633. The Kier molecular flexibility index (Phi) is 1.89. The maximum Gasteiger partial charge on any atom is 0.358 e. The maximum absolute atomic E-state index is 11.2. The molecule has 1 aromatic carbocycles. The summed E-state index contributed by atoms with van der Waals surface area (Å²) in [6.45, 7) is 0. The monoisotopic (exact) mass is 191 g/mol. The molecule has 0 fully saturated rings. The fourth-order valence-corrected chi connectivity index (χ4v) is 1.38. The van der Waals surface area contributed by atoms with Gasteiger partial charge < -0.3 is 14.8 Å². The van der Waals surface area contributed by atoms with E-state index in [4.69, 9.17) is 0 Å². The molecule has 2 N–H and O–H groups in total. The van der Waals surface area contributed by atoms with E-state index < -0.39 is 5.97 Å². The number of aromatic hydroxyl groups is 1. The summed E-state index contributed by atoms with van der Waals surface area (Å²) in [4.78, 5) is 14.0. The molecule has 4 nitrogen and oxygen atoms in total. The number of fused-ring (bicyclic) bond motifs is 1. The van der Waals surface area contributed by atoms with E-state index in [9.17, 15) is 9.90 Å². The van der Waals surface area contributed by atoms with Crippen LogP contribution in [-0.2, 0) is 4.74 Å². The van der Waals surface area contributed by atoms with E-state index in [-0.39, 0.29) is 11.4 Å². The van der Waals surface area contributed by atoms with Crippen LogP contribution in [0, 0.1) is 0 Å². The van der Waals surface area contributed by atoms with Gasteiger partial charge in [-0.25, -0.2) is 4.79 Å². The van der Waals surface area contributed by atoms with Gasteiger partial charge in [0.05, 0.1) is 7.11 Å². The lowest BCUT2D eigenvalue weighted by atomic mass is 10.2. The fraction of sp³-hybridized carbons (Fsp3) is 0.100. The van der Waals surface area contributed by atoms with Gasteiger partial charge in [-0.1, -0.05) is 12.1 Å². The zero-order chi connectivity index (χ0) is 10.1. The molecule has 0 atom stereocenters. The topological polar surface area (TPSA) is 62.3 Å². The molecule has 0 unspecified atom stereocenters. The molecule has 0 saturated heterocycles. The molecule has 0 amide bonds. The molecule has 72 valence electrons. The van der Waals surface area contributed by atoms with Gasteiger partial charge in [0, 0.05) is 10.9 Å². The average Bonchev–Trinajstić information content (AvgIpc) is 2.56. The standard InChI is InChI=1S/C10H9NO3/c1-14-10(13)8-9(12)6-4-2-3-5-7(6)11-8/h2-5,11-12H,1H3. The number of hydrogen-bond donors (Lipinski definition) is 2. The van der Waals surface area contributed by atoms with E-state index >= 15 is 0 Å². The number of rotatable bonds is 1. The number of ether oxygens (including phenoxy) is 1. The summed E-state index contributed by atoms with van der Waals surface area (Å²) in [5, 5.41) is 10.3. The van der Waals surface area contributed by atoms with Gasteiger partial charge in [-0.15, -0.1) is 0 Å². The number of carbonyl (C=O) groups is 1. The van der Waals surface area contributed by atoms with Crippen LogP contribution in [-0.4, -0.2) is 23.2 Å². The summed E-state index contributed by atoms with van der Waals surface area (Å²) in [6, 6.07) is 7.12. The second-order valence-electron chi connectivity index (χ2n) is 2.89. The van der Waals surface area contributed by atoms with Crippen molar-refractivity contribution in [2.24, 2.45) is 0 Å². The molecule has 0 spiro atoms. The van der Waals surface area contributed by atoms with E-state index in [1.165, 1.54) is 7.11 Å². The van der Waals surface area contributed by atoms with Crippen molar-refractivity contribution < 1.29 is 14.6 Å². The Morgan fingerprint density at radius 2 is 2.14 bits per heavy atom. The van der Waals surface area contributed by atoms with Crippen molar-refractivity contribution in [2.75, 3.05) is 7.11 Å². The normalized spacial score (nSPS) is 10.4. The lowest BCUT2D eigenvalue weighted by Crippen LogP contribution is -2.01. The highest BCUT2D eigenvalue weighted by atomic mass is 16.5. The molecule has 0 bridgehead atoms. The summed E-state index contributed by atoms with van der Waals surface area (Å²) in [5.41, 5.74) is 0.805. The number of nitrogens with one attached hydrogen (secondary N) is 1. The minimum Gasteiger partial charge on any atom is -0.505 e. The largest absolute Gasteiger partial charge is 0.505 e. The minimum absolute atomic E-state index is 0.0625. The van der Waals surface area contributed by atoms with Crippen molar-refractivity contribution in [2.45, 2.75) is 0 Å². The van der Waals surface area contributed by atoms with E-state index in [0.717, 1.165) is 0 Å². The Morgan fingerprint density at radius 1 is 1.43 bits per heavy atom. The molecule has 1 heterocycles. The number of benzene rings is 1. The van der Waals surface area contributed by atoms with Gasteiger partial charge in [-0.2, -0.15) is 0 Å². The maximum atomic E-state index is 11.2. The van der Waals surface area contributed by atoms with Crippen LogP contribution in [0.4, 0.5) is 0 Å². The number of hydrogen-bond acceptors (Lipinski definition) is 3. The molecule has 0 aliphatic heterocycles. The number of carbonyl (C=O) groups excluding carboxylic acids is 1. The molecular formula is C10H9NO3. The second kappa shape index (κ2) is 3.06. The third kappa shape index (κ3) is 1.12. The van der Waals surface area contributed by atoms with Crippen LogP contribution in [0.2, 0.25) is 0 Å². The van der Waals surface area contributed by atoms with Crippen LogP contribution in [0.15, 0.2) is 24.3 Å². The zero-order valence-electron chi connectivity index (χ0n) is 7.57. The van der Waals surface area contributed by atoms with Crippen LogP contribution < -0.4 is 0 Å². The summed E-state index contributed by atoms with van der Waals surface area (Å²) >= 11 is 0. The van der Waals surface area contributed by atoms with Gasteiger partial charge in [0.2, 0.25) is 0 Å². The van der Waals surface area contributed by atoms with Gasteiger partial charge in [0.1, 0.15) is 0 Å². The van der Waals surface area contributed by atoms with Gasteiger partial charge >= 0.3 is 5.97 Å². The summed E-state index contributed by atoms with van der Waals surface area (Å²) in [6.07, 6.45) is 0. The first kappa shape index (κ1) is 8.62. The zero-order valence-corrected chi connectivity index (χ0v) is 7.57. The highest BCUT2D eigenvalue weighted by molar-refractivity contribution is 6.00. The van der Waals surface area contributed by atoms with Gasteiger partial charge in [0.25, 0.3) is 0 Å². The molecule has 1 aromatic heterocycles. The highest BCUT2D eigenvalue weighted by Gasteiger charge is 2.16. The fourth-order valence-electron chi connectivity index (χ4n) is 1.38. The molecule has 0 radical (unpaired) electrons. The molecule has 0 aliphatic rings. The third-order valence-electron chi connectivity index (χ3n) is 2.07. The number of H-pyrrole nitrogens is 1. The Morgan fingerprint density at radius 3 is 2.79 bits per heavy atom. The first-order valence-electron chi connectivity index (χ1n) is 4.12. The Balaban J connectivity index is 2.68. The molecule has 4 heteroatoms. The highest BCUT2D eigenvalue weighted by Crippen LogP contribution is 2.28. The van der Waals surface area contributed by atoms with Crippen molar-refractivity contribution in [3.8, 4) is 5.75 Å². The smallest absolute Gasteiger partial charge is 0.358 e. The quantitative estimate of drug-likeness (QED) is 0.674. The molecule has 0 saturated carbocycles. The van der Waals surface area contributed by atoms with Crippen LogP contribution in [0.25, 0.3) is 10.9 Å². The van der Waals surface area contributed by atoms with Crippen molar-refractivity contribution >= 4 is 16.9 Å². The summed E-state index contributed by atoms with van der Waals surface area (Å²) < 4.78 is 4.52. The van der Waals surface area contributed by atoms with Gasteiger partial charge in [-0.05, 0) is 12.1 Å². The Bertz CT molecular complexity index is 487. The second-order valence-corrected chi connectivity index (χ2v) is 2.89. The SMILES string of the molecule is COC(=O)c1[nH]c2ccccc2c1O. The molecule has 14 heavy (non-hydrogen) atoms. The number of methoxy groups -OCH3 is 1. The first-order valence-corrected chi connectivity index (χ1v) is 4.12. The van der Waals surface area contributed by atoms with Gasteiger partial charge in [-0.3, -0.25) is 0 Å². The van der Waals surface area contributed by atoms with Crippen molar-refractivity contribution in [1.82, 2.24) is 4.98 Å². The predicted molar refractivity (Wildman–Crippen MR) is 51.3 cm³/mol. The van der Waals surface area contributed by atoms with Crippen LogP contribution >= 0.6 is 0 Å². The van der Waals surface area contributed by atoms with Crippen LogP contribution in [0.1, 0.15) is 10.5 Å². The number of para-hydroxylation sites is 1. The van der Waals surface area contributed by atoms with Crippen LogP contribution in [0.3, 0.4) is 0 Å². The summed E-state index contributed by atoms with van der Waals surface area (Å²) in [7, 11) is 1.27.